The Balaban J connectivity index is 2.70. The molecule has 0 saturated carbocycles. The van der Waals surface area contributed by atoms with E-state index in [1.807, 2.05) is 0 Å². The summed E-state index contributed by atoms with van der Waals surface area (Å²) in [4.78, 5) is 14.5. The molecule has 0 spiro atoms. The predicted octanol–water partition coefficient (Wildman–Crippen LogP) is 3.39. The Morgan fingerprint density at radius 2 is 2.06 bits per heavy atom. The second-order valence-corrected chi connectivity index (χ2v) is 5.71. The van der Waals surface area contributed by atoms with Gasteiger partial charge in [0.1, 0.15) is 11.5 Å². The zero-order valence-corrected chi connectivity index (χ0v) is 11.7. The van der Waals surface area contributed by atoms with Crippen LogP contribution >= 0.6 is 0 Å². The lowest BCUT2D eigenvalue weighted by Crippen LogP contribution is -2.25. The zero-order valence-electron chi connectivity index (χ0n) is 11.7. The molecule has 0 saturated heterocycles. The average molecular weight is 251 g/mol. The summed E-state index contributed by atoms with van der Waals surface area (Å²) in [5.41, 5.74) is 0.723. The van der Waals surface area contributed by atoms with E-state index in [2.05, 4.69) is 38.0 Å². The Morgan fingerprint density at radius 3 is 2.50 bits per heavy atom. The van der Waals surface area contributed by atoms with Gasteiger partial charge in [-0.15, -0.1) is 0 Å². The SMILES string of the molecule is Cc1nc(NCC(C)C(C)(C)C)ccc1[N+](=O)[O-]. The van der Waals surface area contributed by atoms with E-state index in [-0.39, 0.29) is 11.1 Å². The molecule has 1 N–H and O–H groups in total. The minimum atomic E-state index is -0.413. The molecule has 0 amide bonds. The maximum absolute atomic E-state index is 10.7. The van der Waals surface area contributed by atoms with Crippen molar-refractivity contribution in [1.82, 2.24) is 4.98 Å². The highest BCUT2D eigenvalue weighted by molar-refractivity contribution is 5.44. The van der Waals surface area contributed by atoms with Gasteiger partial charge in [0.2, 0.25) is 0 Å². The van der Waals surface area contributed by atoms with Crippen molar-refractivity contribution in [2.24, 2.45) is 11.3 Å². The van der Waals surface area contributed by atoms with Crippen LogP contribution in [0.2, 0.25) is 0 Å². The second-order valence-electron chi connectivity index (χ2n) is 5.71. The van der Waals surface area contributed by atoms with E-state index in [1.54, 1.807) is 13.0 Å². The lowest BCUT2D eigenvalue weighted by molar-refractivity contribution is -0.385. The summed E-state index contributed by atoms with van der Waals surface area (Å²) in [5.74, 6) is 1.17. The quantitative estimate of drug-likeness (QED) is 0.658. The van der Waals surface area contributed by atoms with Crippen molar-refractivity contribution in [3.63, 3.8) is 0 Å². The van der Waals surface area contributed by atoms with E-state index in [9.17, 15) is 10.1 Å². The average Bonchev–Trinajstić information content (AvgIpc) is 2.24. The summed E-state index contributed by atoms with van der Waals surface area (Å²) < 4.78 is 0. The molecular weight excluding hydrogens is 230 g/mol. The van der Waals surface area contributed by atoms with Crippen LogP contribution in [0.4, 0.5) is 11.5 Å². The van der Waals surface area contributed by atoms with Gasteiger partial charge in [0.05, 0.1) is 4.92 Å². The van der Waals surface area contributed by atoms with Gasteiger partial charge in [-0.1, -0.05) is 27.7 Å². The van der Waals surface area contributed by atoms with E-state index in [1.165, 1.54) is 6.07 Å². The summed E-state index contributed by atoms with van der Waals surface area (Å²) in [5, 5.41) is 13.9. The zero-order chi connectivity index (χ0) is 13.9. The van der Waals surface area contributed by atoms with Gasteiger partial charge in [0, 0.05) is 12.6 Å². The van der Waals surface area contributed by atoms with Crippen LogP contribution < -0.4 is 5.32 Å². The van der Waals surface area contributed by atoms with E-state index in [0.29, 0.717) is 17.4 Å². The fraction of sp³-hybridized carbons (Fsp3) is 0.615. The fourth-order valence-corrected chi connectivity index (χ4v) is 1.41. The summed E-state index contributed by atoms with van der Waals surface area (Å²) >= 11 is 0. The molecule has 1 atom stereocenters. The van der Waals surface area contributed by atoms with Gasteiger partial charge in [-0.05, 0) is 24.3 Å². The van der Waals surface area contributed by atoms with Crippen molar-refractivity contribution in [3.8, 4) is 0 Å². The third-order valence-electron chi connectivity index (χ3n) is 3.32. The highest BCUT2D eigenvalue weighted by Gasteiger charge is 2.20. The van der Waals surface area contributed by atoms with Gasteiger partial charge in [-0.3, -0.25) is 10.1 Å². The first-order chi connectivity index (χ1) is 8.21. The predicted molar refractivity (Wildman–Crippen MR) is 72.7 cm³/mol. The largest absolute Gasteiger partial charge is 0.370 e. The van der Waals surface area contributed by atoms with Crippen LogP contribution in [0.25, 0.3) is 0 Å². The molecule has 1 heterocycles. The Kier molecular flexibility index (Phi) is 4.27. The van der Waals surface area contributed by atoms with E-state index in [0.717, 1.165) is 6.54 Å². The van der Waals surface area contributed by atoms with Crippen LogP contribution in [0.15, 0.2) is 12.1 Å². The molecule has 18 heavy (non-hydrogen) atoms. The Labute approximate surface area is 108 Å². The number of aromatic nitrogens is 1. The molecule has 0 bridgehead atoms. The topological polar surface area (TPSA) is 68.1 Å². The number of anilines is 1. The van der Waals surface area contributed by atoms with E-state index < -0.39 is 4.92 Å². The third-order valence-corrected chi connectivity index (χ3v) is 3.32. The van der Waals surface area contributed by atoms with Gasteiger partial charge in [-0.2, -0.15) is 0 Å². The molecule has 0 aliphatic heterocycles. The van der Waals surface area contributed by atoms with Crippen molar-refractivity contribution in [3.05, 3.63) is 27.9 Å². The van der Waals surface area contributed by atoms with E-state index >= 15 is 0 Å². The van der Waals surface area contributed by atoms with Crippen molar-refractivity contribution >= 4 is 11.5 Å². The van der Waals surface area contributed by atoms with Crippen LogP contribution in [0.1, 0.15) is 33.4 Å². The molecule has 100 valence electrons. The normalized spacial score (nSPS) is 13.2. The minimum Gasteiger partial charge on any atom is -0.370 e. The Morgan fingerprint density at radius 1 is 1.44 bits per heavy atom. The molecule has 1 rings (SSSR count). The number of pyridine rings is 1. The Hall–Kier alpha value is -1.65. The lowest BCUT2D eigenvalue weighted by Gasteiger charge is -2.27. The molecule has 0 aliphatic rings. The molecule has 0 aromatic carbocycles. The number of nitrogens with one attached hydrogen (secondary N) is 1. The maximum atomic E-state index is 10.7. The molecule has 1 aromatic rings. The third kappa shape index (κ3) is 3.68. The molecule has 5 nitrogen and oxygen atoms in total. The van der Waals surface area contributed by atoms with Gasteiger partial charge in [0.25, 0.3) is 5.69 Å². The number of hydrogen-bond acceptors (Lipinski definition) is 4. The lowest BCUT2D eigenvalue weighted by atomic mass is 9.82. The number of nitro groups is 1. The number of aryl methyl sites for hydroxylation is 1. The van der Waals surface area contributed by atoms with Gasteiger partial charge in [0.15, 0.2) is 0 Å². The van der Waals surface area contributed by atoms with Crippen LogP contribution in [-0.4, -0.2) is 16.5 Å². The molecular formula is C13H21N3O2. The maximum Gasteiger partial charge on any atom is 0.290 e. The van der Waals surface area contributed by atoms with Gasteiger partial charge in [-0.25, -0.2) is 4.98 Å². The van der Waals surface area contributed by atoms with Crippen LogP contribution in [0.3, 0.4) is 0 Å². The highest BCUT2D eigenvalue weighted by Crippen LogP contribution is 2.25. The second kappa shape index (κ2) is 5.33. The highest BCUT2D eigenvalue weighted by atomic mass is 16.6. The molecule has 1 aromatic heterocycles. The summed E-state index contributed by atoms with van der Waals surface area (Å²) in [7, 11) is 0. The van der Waals surface area contributed by atoms with Gasteiger partial charge < -0.3 is 5.32 Å². The molecule has 0 fully saturated rings. The molecule has 0 radical (unpaired) electrons. The monoisotopic (exact) mass is 251 g/mol. The fourth-order valence-electron chi connectivity index (χ4n) is 1.41. The van der Waals surface area contributed by atoms with Gasteiger partial charge >= 0.3 is 0 Å². The Bertz CT molecular complexity index is 438. The van der Waals surface area contributed by atoms with Crippen LogP contribution in [-0.2, 0) is 0 Å². The summed E-state index contributed by atoms with van der Waals surface area (Å²) in [6.45, 7) is 11.2. The van der Waals surface area contributed by atoms with Crippen molar-refractivity contribution < 1.29 is 4.92 Å². The standard InChI is InChI=1S/C13H21N3O2/c1-9(13(3,4)5)8-14-12-7-6-11(16(17)18)10(2)15-12/h6-7,9H,8H2,1-5H3,(H,14,15). The number of nitrogens with zero attached hydrogens (tertiary/aromatic N) is 2. The number of hydrogen-bond donors (Lipinski definition) is 1. The smallest absolute Gasteiger partial charge is 0.290 e. The summed E-state index contributed by atoms with van der Waals surface area (Å²) in [6, 6.07) is 3.15. The van der Waals surface area contributed by atoms with E-state index in [4.69, 9.17) is 0 Å². The van der Waals surface area contributed by atoms with Crippen LogP contribution in [0, 0.1) is 28.4 Å². The number of rotatable bonds is 4. The first-order valence-electron chi connectivity index (χ1n) is 6.07. The molecule has 1 unspecified atom stereocenters. The summed E-state index contributed by atoms with van der Waals surface area (Å²) in [6.07, 6.45) is 0. The first kappa shape index (κ1) is 14.4. The molecule has 0 aliphatic carbocycles. The van der Waals surface area contributed by atoms with Crippen molar-refractivity contribution in [2.45, 2.75) is 34.6 Å². The first-order valence-corrected chi connectivity index (χ1v) is 6.07. The van der Waals surface area contributed by atoms with Crippen LogP contribution in [0.5, 0.6) is 0 Å². The van der Waals surface area contributed by atoms with Crippen molar-refractivity contribution in [1.29, 1.82) is 0 Å². The van der Waals surface area contributed by atoms with Crippen molar-refractivity contribution in [2.75, 3.05) is 11.9 Å². The minimum absolute atomic E-state index is 0.0596. The molecule has 5 heteroatoms.